The van der Waals surface area contributed by atoms with Gasteiger partial charge in [0.2, 0.25) is 0 Å². The van der Waals surface area contributed by atoms with E-state index in [0.717, 1.165) is 25.7 Å². The third kappa shape index (κ3) is 6.95. The molecule has 0 aliphatic carbocycles. The normalized spacial score (nSPS) is 20.1. The van der Waals surface area contributed by atoms with E-state index in [1.807, 2.05) is 0 Å². The van der Waals surface area contributed by atoms with Crippen LogP contribution in [0.15, 0.2) is 0 Å². The molecule has 0 saturated carbocycles. The average molecular weight is 239 g/mol. The molecule has 0 rings (SSSR count). The summed E-state index contributed by atoms with van der Waals surface area (Å²) in [7, 11) is 0. The Labute approximate surface area is 99.4 Å². The largest absolute Gasteiger partial charge is 0.120 e. The predicted molar refractivity (Wildman–Crippen MR) is 67.6 cm³/mol. The maximum atomic E-state index is 6.45. The third-order valence-electron chi connectivity index (χ3n) is 2.56. The molecule has 0 aromatic heterocycles. The zero-order valence-corrected chi connectivity index (χ0v) is 11.5. The number of unbranched alkanes of at least 4 members (excludes halogenated alkanes) is 1. The molecule has 0 saturated heterocycles. The van der Waals surface area contributed by atoms with Gasteiger partial charge in [0, 0.05) is 9.75 Å². The van der Waals surface area contributed by atoms with E-state index in [0.29, 0.717) is 0 Å². The van der Waals surface area contributed by atoms with Crippen molar-refractivity contribution in [1.82, 2.24) is 0 Å². The van der Waals surface area contributed by atoms with Crippen LogP contribution >= 0.6 is 23.2 Å². The molecular formula is C12H24Cl2. The van der Waals surface area contributed by atoms with Gasteiger partial charge in [-0.25, -0.2) is 0 Å². The van der Waals surface area contributed by atoms with Gasteiger partial charge in [-0.15, -0.1) is 23.2 Å². The summed E-state index contributed by atoms with van der Waals surface area (Å²) in [5, 5.41) is 0. The zero-order valence-electron chi connectivity index (χ0n) is 10.00. The lowest BCUT2D eigenvalue weighted by molar-refractivity contribution is 0.416. The maximum Gasteiger partial charge on any atom is 0.0435 e. The van der Waals surface area contributed by atoms with Gasteiger partial charge in [-0.1, -0.05) is 33.1 Å². The van der Waals surface area contributed by atoms with Gasteiger partial charge in [-0.3, -0.25) is 0 Å². The molecule has 2 unspecified atom stereocenters. The minimum atomic E-state index is -0.126. The molecule has 0 aliphatic rings. The topological polar surface area (TPSA) is 0 Å². The van der Waals surface area contributed by atoms with Crippen molar-refractivity contribution in [2.24, 2.45) is 0 Å². The lowest BCUT2D eigenvalue weighted by Crippen LogP contribution is -2.29. The minimum absolute atomic E-state index is 0.123. The summed E-state index contributed by atoms with van der Waals surface area (Å²) in [5.74, 6) is 0. The first-order valence-electron chi connectivity index (χ1n) is 5.71. The Morgan fingerprint density at radius 1 is 0.857 bits per heavy atom. The van der Waals surface area contributed by atoms with Crippen LogP contribution in [0, 0.1) is 0 Å². The van der Waals surface area contributed by atoms with Crippen LogP contribution in [0.2, 0.25) is 0 Å². The number of hydrogen-bond acceptors (Lipinski definition) is 0. The second-order valence-electron chi connectivity index (χ2n) is 4.86. The van der Waals surface area contributed by atoms with Gasteiger partial charge in [0.05, 0.1) is 0 Å². The first kappa shape index (κ1) is 14.6. The smallest absolute Gasteiger partial charge is 0.0435 e. The summed E-state index contributed by atoms with van der Waals surface area (Å²) < 4.78 is 0. The molecule has 0 nitrogen and oxygen atoms in total. The fourth-order valence-corrected chi connectivity index (χ4v) is 2.99. The fourth-order valence-electron chi connectivity index (χ4n) is 2.01. The predicted octanol–water partition coefficient (Wildman–Crippen LogP) is 5.36. The van der Waals surface area contributed by atoms with Gasteiger partial charge in [0.1, 0.15) is 0 Å². The van der Waals surface area contributed by atoms with E-state index in [9.17, 15) is 0 Å². The molecule has 0 aromatic carbocycles. The zero-order chi connectivity index (χ0) is 11.2. The molecule has 0 heterocycles. The van der Waals surface area contributed by atoms with Crippen LogP contribution in [-0.4, -0.2) is 9.75 Å². The van der Waals surface area contributed by atoms with Gasteiger partial charge >= 0.3 is 0 Å². The van der Waals surface area contributed by atoms with E-state index in [2.05, 4.69) is 27.7 Å². The summed E-state index contributed by atoms with van der Waals surface area (Å²) in [4.78, 5) is -0.249. The first-order chi connectivity index (χ1) is 6.33. The maximum absolute atomic E-state index is 6.45. The molecule has 0 aliphatic heterocycles. The monoisotopic (exact) mass is 238 g/mol. The Hall–Kier alpha value is 0.580. The third-order valence-corrected chi connectivity index (χ3v) is 3.21. The van der Waals surface area contributed by atoms with E-state index in [4.69, 9.17) is 23.2 Å². The Kier molecular flexibility index (Phi) is 6.48. The van der Waals surface area contributed by atoms with Crippen molar-refractivity contribution in [3.05, 3.63) is 0 Å². The van der Waals surface area contributed by atoms with Crippen molar-refractivity contribution >= 4 is 23.2 Å². The lowest BCUT2D eigenvalue weighted by atomic mass is 9.89. The molecule has 14 heavy (non-hydrogen) atoms. The molecule has 0 fully saturated rings. The Morgan fingerprint density at radius 3 is 1.79 bits per heavy atom. The van der Waals surface area contributed by atoms with Gasteiger partial charge in [-0.05, 0) is 33.1 Å². The average Bonchev–Trinajstić information content (AvgIpc) is 1.98. The number of hydrogen-bond donors (Lipinski definition) is 0. The van der Waals surface area contributed by atoms with E-state index in [-0.39, 0.29) is 9.75 Å². The highest BCUT2D eigenvalue weighted by Crippen LogP contribution is 2.37. The molecule has 0 spiro atoms. The second-order valence-corrected chi connectivity index (χ2v) is 6.68. The standard InChI is InChI=1S/C12H24Cl2/c1-5-7-9-12(4,14)10-11(3,13)8-6-2/h5-10H2,1-4H3. The van der Waals surface area contributed by atoms with Crippen molar-refractivity contribution in [3.8, 4) is 0 Å². The van der Waals surface area contributed by atoms with Gasteiger partial charge in [0.15, 0.2) is 0 Å². The molecule has 0 bridgehead atoms. The quantitative estimate of drug-likeness (QED) is 0.524. The Morgan fingerprint density at radius 2 is 1.36 bits per heavy atom. The molecular weight excluding hydrogens is 215 g/mol. The highest BCUT2D eigenvalue weighted by Gasteiger charge is 2.31. The van der Waals surface area contributed by atoms with Crippen LogP contribution in [-0.2, 0) is 0 Å². The van der Waals surface area contributed by atoms with Gasteiger partial charge in [-0.2, -0.15) is 0 Å². The van der Waals surface area contributed by atoms with E-state index < -0.39 is 0 Å². The minimum Gasteiger partial charge on any atom is -0.120 e. The molecule has 0 radical (unpaired) electrons. The SMILES string of the molecule is CCCCC(C)(Cl)CC(C)(Cl)CCC. The number of halogens is 2. The Balaban J connectivity index is 4.05. The number of rotatable bonds is 7. The summed E-state index contributed by atoms with van der Waals surface area (Å²) >= 11 is 12.9. The lowest BCUT2D eigenvalue weighted by Gasteiger charge is -2.31. The van der Waals surface area contributed by atoms with Crippen LogP contribution in [0.25, 0.3) is 0 Å². The molecule has 0 aromatic rings. The summed E-state index contributed by atoms with van der Waals surface area (Å²) in [6.07, 6.45) is 6.53. The highest BCUT2D eigenvalue weighted by molar-refractivity contribution is 6.27. The van der Waals surface area contributed by atoms with Crippen molar-refractivity contribution in [1.29, 1.82) is 0 Å². The number of alkyl halides is 2. The van der Waals surface area contributed by atoms with Crippen molar-refractivity contribution in [2.75, 3.05) is 0 Å². The molecule has 86 valence electrons. The van der Waals surface area contributed by atoms with Crippen molar-refractivity contribution in [2.45, 2.75) is 76.0 Å². The summed E-state index contributed by atoms with van der Waals surface area (Å²) in [5.41, 5.74) is 0. The van der Waals surface area contributed by atoms with Gasteiger partial charge in [0.25, 0.3) is 0 Å². The second kappa shape index (κ2) is 6.23. The van der Waals surface area contributed by atoms with Crippen LogP contribution < -0.4 is 0 Å². The van der Waals surface area contributed by atoms with E-state index >= 15 is 0 Å². The van der Waals surface area contributed by atoms with Crippen LogP contribution in [0.5, 0.6) is 0 Å². The first-order valence-corrected chi connectivity index (χ1v) is 6.46. The molecule has 2 heteroatoms. The van der Waals surface area contributed by atoms with Crippen molar-refractivity contribution < 1.29 is 0 Å². The molecule has 0 N–H and O–H groups in total. The summed E-state index contributed by atoms with van der Waals surface area (Å²) in [6.45, 7) is 8.57. The van der Waals surface area contributed by atoms with E-state index in [1.54, 1.807) is 0 Å². The fraction of sp³-hybridized carbons (Fsp3) is 1.00. The van der Waals surface area contributed by atoms with Crippen molar-refractivity contribution in [3.63, 3.8) is 0 Å². The van der Waals surface area contributed by atoms with Crippen LogP contribution in [0.4, 0.5) is 0 Å². The van der Waals surface area contributed by atoms with Gasteiger partial charge < -0.3 is 0 Å². The molecule has 2 atom stereocenters. The molecule has 0 amide bonds. The van der Waals surface area contributed by atoms with Crippen LogP contribution in [0.3, 0.4) is 0 Å². The summed E-state index contributed by atoms with van der Waals surface area (Å²) in [6, 6.07) is 0. The van der Waals surface area contributed by atoms with E-state index in [1.165, 1.54) is 12.8 Å². The highest BCUT2D eigenvalue weighted by atomic mass is 35.5. The van der Waals surface area contributed by atoms with Crippen LogP contribution in [0.1, 0.15) is 66.2 Å². The Bertz CT molecular complexity index is 150.